The molecule has 2 heterocycles. The number of rotatable bonds is 18. The highest BCUT2D eigenvalue weighted by Gasteiger charge is 2.35. The van der Waals surface area contributed by atoms with Gasteiger partial charge in [-0.15, -0.1) is 0 Å². The standard InChI is InChI=1S/C23H34N2O14/c1-32-13-23(14-33-2,15-34-9-3-11-36-21(30)38-24-17(26)5-6-18(24)27)16-35-10-4-12-37-22(31)39-25-19(28)7-8-20(25)29/h3-16H2,1-2H3. The third-order valence-electron chi connectivity index (χ3n) is 5.37. The lowest BCUT2D eigenvalue weighted by Gasteiger charge is -2.32. The monoisotopic (exact) mass is 562 g/mol. The van der Waals surface area contributed by atoms with Crippen molar-refractivity contribution in [3.8, 4) is 0 Å². The summed E-state index contributed by atoms with van der Waals surface area (Å²) < 4.78 is 31.7. The Morgan fingerprint density at radius 3 is 1.31 bits per heavy atom. The summed E-state index contributed by atoms with van der Waals surface area (Å²) in [5.41, 5.74) is -0.657. The van der Waals surface area contributed by atoms with Crippen LogP contribution in [0, 0.1) is 5.41 Å². The van der Waals surface area contributed by atoms with Gasteiger partial charge < -0.3 is 28.4 Å². The van der Waals surface area contributed by atoms with Crippen LogP contribution in [0.2, 0.25) is 0 Å². The lowest BCUT2D eigenvalue weighted by atomic mass is 9.92. The minimum atomic E-state index is -1.16. The van der Waals surface area contributed by atoms with Crippen molar-refractivity contribution in [2.75, 3.05) is 67.1 Å². The molecule has 0 bridgehead atoms. The number of ether oxygens (including phenoxy) is 6. The van der Waals surface area contributed by atoms with Crippen molar-refractivity contribution in [1.29, 1.82) is 0 Å². The molecule has 16 nitrogen and oxygen atoms in total. The van der Waals surface area contributed by atoms with Crippen molar-refractivity contribution in [1.82, 2.24) is 10.1 Å². The molecule has 2 fully saturated rings. The predicted octanol–water partition coefficient (Wildman–Crippen LogP) is 0.513. The van der Waals surface area contributed by atoms with Gasteiger partial charge in [0.25, 0.3) is 23.6 Å². The number of nitrogens with zero attached hydrogens (tertiary/aromatic N) is 2. The Labute approximate surface area is 224 Å². The summed E-state index contributed by atoms with van der Waals surface area (Å²) in [5.74, 6) is -2.40. The van der Waals surface area contributed by atoms with Gasteiger partial charge in [0.15, 0.2) is 0 Å². The Balaban J connectivity index is 1.62. The van der Waals surface area contributed by atoms with E-state index in [-0.39, 0.29) is 78.5 Å². The molecule has 16 heteroatoms. The van der Waals surface area contributed by atoms with Crippen LogP contribution < -0.4 is 0 Å². The van der Waals surface area contributed by atoms with E-state index in [2.05, 4.69) is 9.68 Å². The Morgan fingerprint density at radius 2 is 0.974 bits per heavy atom. The van der Waals surface area contributed by atoms with Crippen molar-refractivity contribution in [3.05, 3.63) is 0 Å². The summed E-state index contributed by atoms with van der Waals surface area (Å²) in [6.07, 6.45) is -1.73. The van der Waals surface area contributed by atoms with Crippen LogP contribution in [0.4, 0.5) is 9.59 Å². The van der Waals surface area contributed by atoms with E-state index in [1.165, 1.54) is 14.2 Å². The first kappa shape index (κ1) is 31.9. The molecule has 0 aliphatic carbocycles. The second kappa shape index (κ2) is 16.6. The van der Waals surface area contributed by atoms with Crippen LogP contribution in [0.25, 0.3) is 0 Å². The molecular weight excluding hydrogens is 528 g/mol. The zero-order valence-electron chi connectivity index (χ0n) is 22.0. The van der Waals surface area contributed by atoms with Crippen molar-refractivity contribution < 1.29 is 66.9 Å². The fourth-order valence-electron chi connectivity index (χ4n) is 3.59. The molecule has 0 saturated carbocycles. The molecule has 220 valence electrons. The second-order valence-electron chi connectivity index (χ2n) is 8.72. The molecule has 2 saturated heterocycles. The van der Waals surface area contributed by atoms with Crippen LogP contribution in [-0.4, -0.2) is 113 Å². The molecule has 2 aliphatic rings. The Kier molecular flexibility index (Phi) is 13.6. The van der Waals surface area contributed by atoms with Crippen molar-refractivity contribution in [3.63, 3.8) is 0 Å². The molecule has 39 heavy (non-hydrogen) atoms. The first-order valence-corrected chi connectivity index (χ1v) is 12.3. The van der Waals surface area contributed by atoms with Crippen LogP contribution in [0.3, 0.4) is 0 Å². The highest BCUT2D eigenvalue weighted by Crippen LogP contribution is 2.20. The number of amides is 4. The Morgan fingerprint density at radius 1 is 0.615 bits per heavy atom. The summed E-state index contributed by atoms with van der Waals surface area (Å²) >= 11 is 0. The van der Waals surface area contributed by atoms with E-state index >= 15 is 0 Å². The third kappa shape index (κ3) is 10.7. The predicted molar refractivity (Wildman–Crippen MR) is 124 cm³/mol. The van der Waals surface area contributed by atoms with Crippen LogP contribution in [-0.2, 0) is 57.3 Å². The minimum Gasteiger partial charge on any atom is -0.433 e. The van der Waals surface area contributed by atoms with E-state index in [1.807, 2.05) is 0 Å². The zero-order valence-corrected chi connectivity index (χ0v) is 22.0. The molecule has 4 amide bonds. The van der Waals surface area contributed by atoms with E-state index in [0.717, 1.165) is 0 Å². The van der Waals surface area contributed by atoms with Gasteiger partial charge in [0.1, 0.15) is 0 Å². The second-order valence-corrected chi connectivity index (χ2v) is 8.72. The van der Waals surface area contributed by atoms with Crippen molar-refractivity contribution in [2.24, 2.45) is 5.41 Å². The molecule has 0 spiro atoms. The summed E-state index contributed by atoms with van der Waals surface area (Å²) in [6, 6.07) is 0. The van der Waals surface area contributed by atoms with Gasteiger partial charge in [-0.05, 0) is 0 Å². The number of hydroxylamine groups is 4. The van der Waals surface area contributed by atoms with Gasteiger partial charge in [0, 0.05) is 66.0 Å². The average Bonchev–Trinajstić information content (AvgIpc) is 3.38. The normalized spacial score (nSPS) is 15.7. The largest absolute Gasteiger partial charge is 0.533 e. The topological polar surface area (TPSA) is 183 Å². The average molecular weight is 563 g/mol. The van der Waals surface area contributed by atoms with E-state index in [1.54, 1.807) is 0 Å². The lowest BCUT2D eigenvalue weighted by Crippen LogP contribution is -2.41. The molecule has 0 aromatic carbocycles. The van der Waals surface area contributed by atoms with E-state index in [0.29, 0.717) is 23.0 Å². The first-order chi connectivity index (χ1) is 18.7. The molecule has 2 rings (SSSR count). The quantitative estimate of drug-likeness (QED) is 0.128. The minimum absolute atomic E-state index is 0.0119. The number of hydrogen-bond donors (Lipinski definition) is 0. The molecule has 0 aromatic rings. The van der Waals surface area contributed by atoms with Crippen LogP contribution in [0.5, 0.6) is 0 Å². The molecular formula is C23H34N2O14. The van der Waals surface area contributed by atoms with Crippen LogP contribution >= 0.6 is 0 Å². The third-order valence-corrected chi connectivity index (χ3v) is 5.37. The van der Waals surface area contributed by atoms with Gasteiger partial charge in [-0.25, -0.2) is 9.59 Å². The molecule has 2 aliphatic heterocycles. The highest BCUT2D eigenvalue weighted by molar-refractivity contribution is 6.01. The summed E-state index contributed by atoms with van der Waals surface area (Å²) in [5, 5.41) is 0.804. The maximum atomic E-state index is 11.6. The number of carbonyl (C=O) groups is 6. The number of carbonyl (C=O) groups excluding carboxylic acids is 6. The first-order valence-electron chi connectivity index (χ1n) is 12.3. The smallest absolute Gasteiger partial charge is 0.433 e. The zero-order chi connectivity index (χ0) is 28.7. The molecule has 0 N–H and O–H groups in total. The Hall–Kier alpha value is -3.34. The molecule has 0 atom stereocenters. The highest BCUT2D eigenvalue weighted by atomic mass is 16.8. The van der Waals surface area contributed by atoms with Crippen LogP contribution in [0.1, 0.15) is 38.5 Å². The van der Waals surface area contributed by atoms with Gasteiger partial charge in [-0.3, -0.25) is 28.9 Å². The number of methoxy groups -OCH3 is 2. The summed E-state index contributed by atoms with van der Waals surface area (Å²) in [7, 11) is 3.05. The molecule has 0 aromatic heterocycles. The number of hydrogen-bond acceptors (Lipinski definition) is 14. The van der Waals surface area contributed by atoms with Gasteiger partial charge >= 0.3 is 12.3 Å². The Bertz CT molecular complexity index is 777. The van der Waals surface area contributed by atoms with Gasteiger partial charge in [0.05, 0.1) is 45.1 Å². The van der Waals surface area contributed by atoms with E-state index in [4.69, 9.17) is 28.4 Å². The van der Waals surface area contributed by atoms with E-state index in [9.17, 15) is 28.8 Å². The summed E-state index contributed by atoms with van der Waals surface area (Å²) in [6.45, 7) is 1.19. The maximum absolute atomic E-state index is 11.6. The van der Waals surface area contributed by atoms with Crippen molar-refractivity contribution >= 4 is 35.9 Å². The molecule has 0 radical (unpaired) electrons. The molecule has 0 unspecified atom stereocenters. The van der Waals surface area contributed by atoms with Gasteiger partial charge in [-0.1, -0.05) is 10.1 Å². The van der Waals surface area contributed by atoms with E-state index < -0.39 is 41.4 Å². The van der Waals surface area contributed by atoms with Gasteiger partial charge in [0.2, 0.25) is 0 Å². The fraction of sp³-hybridized carbons (Fsp3) is 0.739. The summed E-state index contributed by atoms with van der Waals surface area (Å²) in [4.78, 5) is 78.3. The fourth-order valence-corrected chi connectivity index (χ4v) is 3.59. The number of imide groups is 2. The maximum Gasteiger partial charge on any atom is 0.533 e. The lowest BCUT2D eigenvalue weighted by molar-refractivity contribution is -0.177. The van der Waals surface area contributed by atoms with Gasteiger partial charge in [-0.2, -0.15) is 0 Å². The van der Waals surface area contributed by atoms with Crippen LogP contribution in [0.15, 0.2) is 0 Å². The SMILES string of the molecule is COCC(COC)(COCCCOC(=O)ON1C(=O)CCC1=O)COCCCOC(=O)ON1C(=O)CCC1=O. The van der Waals surface area contributed by atoms with Crippen molar-refractivity contribution in [2.45, 2.75) is 38.5 Å².